The Hall–Kier alpha value is -3.78. The zero-order valence-corrected chi connectivity index (χ0v) is 20.9. The molecule has 0 bridgehead atoms. The van der Waals surface area contributed by atoms with Crippen molar-refractivity contribution >= 4 is 45.5 Å². The van der Waals surface area contributed by atoms with Crippen LogP contribution in [0.3, 0.4) is 0 Å². The Bertz CT molecular complexity index is 1460. The van der Waals surface area contributed by atoms with Crippen LogP contribution in [0, 0.1) is 0 Å². The second-order valence-electron chi connectivity index (χ2n) is 9.36. The van der Waals surface area contributed by atoms with Crippen LogP contribution in [0.4, 0.5) is 0 Å². The molecule has 0 spiro atoms. The van der Waals surface area contributed by atoms with Gasteiger partial charge in [0.15, 0.2) is 0 Å². The standard InChI is InChI=1S/C28H28N4O3S/c1-31(26(34)22-10-6-8-19-7-2-3-9-21(19)22)18-25(33)35-23-11-4-5-14-28(23,27(29)36)20-12-13-24-30-15-16-32(24)17-20/h2-3,6-10,12-13,15-17,23H,4-5,11,14,18H2,1H3,(H2,29,36). The zero-order chi connectivity index (χ0) is 25.3. The predicted molar refractivity (Wildman–Crippen MR) is 143 cm³/mol. The van der Waals surface area contributed by atoms with E-state index in [2.05, 4.69) is 4.98 Å². The minimum Gasteiger partial charge on any atom is -0.460 e. The number of rotatable bonds is 6. The fourth-order valence-corrected chi connectivity index (χ4v) is 5.67. The molecule has 0 radical (unpaired) electrons. The molecule has 2 heterocycles. The summed E-state index contributed by atoms with van der Waals surface area (Å²) in [7, 11) is 1.61. The topological polar surface area (TPSA) is 89.9 Å². The number of nitrogens with zero attached hydrogens (tertiary/aromatic N) is 3. The number of fused-ring (bicyclic) bond motifs is 2. The van der Waals surface area contributed by atoms with Crippen LogP contribution in [0.1, 0.15) is 41.6 Å². The molecular formula is C28H28N4O3S. The summed E-state index contributed by atoms with van der Waals surface area (Å²) >= 11 is 5.58. The number of amides is 1. The summed E-state index contributed by atoms with van der Waals surface area (Å²) < 4.78 is 7.95. The predicted octanol–water partition coefficient (Wildman–Crippen LogP) is 4.27. The van der Waals surface area contributed by atoms with Crippen molar-refractivity contribution in [1.29, 1.82) is 0 Å². The van der Waals surface area contributed by atoms with Crippen molar-refractivity contribution in [2.24, 2.45) is 5.73 Å². The van der Waals surface area contributed by atoms with Gasteiger partial charge in [0.25, 0.3) is 5.91 Å². The van der Waals surface area contributed by atoms with Gasteiger partial charge in [-0.2, -0.15) is 0 Å². The first kappa shape index (κ1) is 23.9. The fourth-order valence-electron chi connectivity index (χ4n) is 5.32. The van der Waals surface area contributed by atoms with Crippen molar-refractivity contribution in [2.75, 3.05) is 13.6 Å². The van der Waals surface area contributed by atoms with Gasteiger partial charge in [-0.15, -0.1) is 0 Å². The van der Waals surface area contributed by atoms with Gasteiger partial charge in [-0.3, -0.25) is 9.59 Å². The van der Waals surface area contributed by atoms with Crippen LogP contribution in [0.2, 0.25) is 0 Å². The summed E-state index contributed by atoms with van der Waals surface area (Å²) in [5.41, 5.74) is 7.83. The minimum absolute atomic E-state index is 0.174. The van der Waals surface area contributed by atoms with Gasteiger partial charge >= 0.3 is 5.97 Å². The summed E-state index contributed by atoms with van der Waals surface area (Å²) in [6.07, 6.45) is 8.20. The van der Waals surface area contributed by atoms with E-state index < -0.39 is 17.5 Å². The van der Waals surface area contributed by atoms with Crippen LogP contribution in [0.25, 0.3) is 16.4 Å². The Morgan fingerprint density at radius 3 is 2.81 bits per heavy atom. The van der Waals surface area contributed by atoms with Gasteiger partial charge in [0.2, 0.25) is 0 Å². The zero-order valence-electron chi connectivity index (χ0n) is 20.1. The lowest BCUT2D eigenvalue weighted by Crippen LogP contribution is -2.53. The number of nitrogens with two attached hydrogens (primary N) is 1. The third-order valence-corrected chi connectivity index (χ3v) is 7.55. The molecule has 36 heavy (non-hydrogen) atoms. The maximum Gasteiger partial charge on any atom is 0.325 e. The van der Waals surface area contributed by atoms with Gasteiger partial charge < -0.3 is 19.8 Å². The summed E-state index contributed by atoms with van der Waals surface area (Å²) in [6.45, 7) is -0.174. The van der Waals surface area contributed by atoms with Crippen LogP contribution < -0.4 is 5.73 Å². The van der Waals surface area contributed by atoms with Crippen molar-refractivity contribution in [3.8, 4) is 0 Å². The number of carbonyl (C=O) groups excluding carboxylic acids is 2. The number of benzene rings is 2. The number of esters is 1. The number of hydrogen-bond acceptors (Lipinski definition) is 5. The third kappa shape index (κ3) is 4.22. The average Bonchev–Trinajstić information content (AvgIpc) is 3.36. The number of imidazole rings is 1. The maximum absolute atomic E-state index is 13.2. The SMILES string of the molecule is CN(CC(=O)OC1CCCCC1(C(N)=S)c1ccc2nccn2c1)C(=O)c1cccc2ccccc12. The van der Waals surface area contributed by atoms with Gasteiger partial charge in [-0.1, -0.05) is 61.1 Å². The summed E-state index contributed by atoms with van der Waals surface area (Å²) in [5.74, 6) is -0.721. The molecule has 1 aliphatic rings. The number of ether oxygens (including phenoxy) is 1. The molecule has 8 heteroatoms. The largest absolute Gasteiger partial charge is 0.460 e. The smallest absolute Gasteiger partial charge is 0.325 e. The molecule has 2 atom stereocenters. The molecule has 0 aliphatic heterocycles. The first-order valence-electron chi connectivity index (χ1n) is 12.1. The van der Waals surface area contributed by atoms with E-state index in [-0.39, 0.29) is 12.5 Å². The lowest BCUT2D eigenvalue weighted by Gasteiger charge is -2.43. The Morgan fingerprint density at radius 2 is 1.97 bits per heavy atom. The molecule has 1 saturated carbocycles. The van der Waals surface area contributed by atoms with Gasteiger partial charge in [0.1, 0.15) is 18.3 Å². The maximum atomic E-state index is 13.2. The lowest BCUT2D eigenvalue weighted by atomic mass is 9.67. The highest BCUT2D eigenvalue weighted by atomic mass is 32.1. The Labute approximate surface area is 214 Å². The molecule has 0 saturated heterocycles. The number of thiocarbonyl (C=S) groups is 1. The van der Waals surface area contributed by atoms with Gasteiger partial charge in [0.05, 0.1) is 10.4 Å². The van der Waals surface area contributed by atoms with Crippen LogP contribution in [0.15, 0.2) is 73.2 Å². The second-order valence-corrected chi connectivity index (χ2v) is 9.80. The van der Waals surface area contributed by atoms with E-state index in [4.69, 9.17) is 22.7 Å². The van der Waals surface area contributed by atoms with Gasteiger partial charge in [0, 0.05) is 31.2 Å². The van der Waals surface area contributed by atoms with Crippen LogP contribution >= 0.6 is 12.2 Å². The lowest BCUT2D eigenvalue weighted by molar-refractivity contribution is -0.153. The first-order chi connectivity index (χ1) is 17.4. The molecular weight excluding hydrogens is 472 g/mol. The average molecular weight is 501 g/mol. The van der Waals surface area contributed by atoms with E-state index in [0.29, 0.717) is 23.4 Å². The molecule has 2 unspecified atom stereocenters. The molecule has 7 nitrogen and oxygen atoms in total. The monoisotopic (exact) mass is 500 g/mol. The molecule has 1 amide bonds. The van der Waals surface area contributed by atoms with E-state index in [0.717, 1.165) is 34.8 Å². The van der Waals surface area contributed by atoms with Crippen molar-refractivity contribution in [1.82, 2.24) is 14.3 Å². The van der Waals surface area contributed by atoms with Crippen molar-refractivity contribution in [2.45, 2.75) is 37.2 Å². The number of aromatic nitrogens is 2. The van der Waals surface area contributed by atoms with Crippen LogP contribution in [-0.4, -0.2) is 50.8 Å². The summed E-state index contributed by atoms with van der Waals surface area (Å²) in [4.78, 5) is 32.3. The quantitative estimate of drug-likeness (QED) is 0.314. The third-order valence-electron chi connectivity index (χ3n) is 7.19. The highest BCUT2D eigenvalue weighted by Crippen LogP contribution is 2.42. The van der Waals surface area contributed by atoms with Gasteiger partial charge in [-0.05, 0) is 47.7 Å². The highest BCUT2D eigenvalue weighted by molar-refractivity contribution is 7.80. The van der Waals surface area contributed by atoms with E-state index in [1.54, 1.807) is 19.3 Å². The van der Waals surface area contributed by atoms with E-state index in [1.807, 2.05) is 65.3 Å². The fraction of sp³-hybridized carbons (Fsp3) is 0.286. The Morgan fingerprint density at radius 1 is 1.17 bits per heavy atom. The number of carbonyl (C=O) groups is 2. The van der Waals surface area contributed by atoms with E-state index in [9.17, 15) is 9.59 Å². The summed E-state index contributed by atoms with van der Waals surface area (Å²) in [5, 5.41) is 1.82. The molecule has 184 valence electrons. The highest BCUT2D eigenvalue weighted by Gasteiger charge is 2.47. The van der Waals surface area contributed by atoms with Crippen molar-refractivity contribution in [3.05, 3.63) is 84.3 Å². The van der Waals surface area contributed by atoms with Crippen molar-refractivity contribution < 1.29 is 14.3 Å². The van der Waals surface area contributed by atoms with Gasteiger partial charge in [-0.25, -0.2) is 4.98 Å². The Kier molecular flexibility index (Phi) is 6.45. The van der Waals surface area contributed by atoms with E-state index in [1.165, 1.54) is 4.90 Å². The number of hydrogen-bond donors (Lipinski definition) is 1. The molecule has 2 aromatic carbocycles. The summed E-state index contributed by atoms with van der Waals surface area (Å²) in [6, 6.07) is 17.1. The molecule has 2 N–H and O–H groups in total. The first-order valence-corrected chi connectivity index (χ1v) is 12.5. The van der Waals surface area contributed by atoms with Crippen molar-refractivity contribution in [3.63, 3.8) is 0 Å². The minimum atomic E-state index is -0.778. The normalized spacial score (nSPS) is 19.8. The number of pyridine rings is 1. The molecule has 2 aromatic heterocycles. The van der Waals surface area contributed by atoms with Crippen LogP contribution in [0.5, 0.6) is 0 Å². The molecule has 1 aliphatic carbocycles. The molecule has 5 rings (SSSR count). The van der Waals surface area contributed by atoms with E-state index >= 15 is 0 Å². The van der Waals surface area contributed by atoms with Crippen LogP contribution in [-0.2, 0) is 14.9 Å². The second kappa shape index (κ2) is 9.70. The number of likely N-dealkylation sites (N-methyl/N-ethyl adjacent to an activating group) is 1. The Balaban J connectivity index is 1.37. The molecule has 4 aromatic rings. The molecule has 1 fully saturated rings.